The van der Waals surface area contributed by atoms with Gasteiger partial charge in [-0.15, -0.1) is 0 Å². The van der Waals surface area contributed by atoms with Crippen LogP contribution in [-0.4, -0.2) is 45.5 Å². The maximum absolute atomic E-state index is 13.1. The first kappa shape index (κ1) is 27.3. The fraction of sp³-hybridized carbons (Fsp3) is 0.483. The standard InChI is InChI=1S/C29H40O5Si/c1-29(2,3)35(5,6)28(30)17-16-26-27(33-20-23-12-14-24(31-4)15-13-23)18-25(34-26)21-32-19-22-10-8-7-9-11-22/h7-17,25-27H,18-21H2,1-6H3/b17-16+/t25-,26-,27-/m0/s1. The number of carbonyl (C=O) groups is 1. The third kappa shape index (κ3) is 7.61. The zero-order chi connectivity index (χ0) is 25.5. The van der Waals surface area contributed by atoms with E-state index in [2.05, 4.69) is 33.9 Å². The highest BCUT2D eigenvalue weighted by Gasteiger charge is 2.41. The van der Waals surface area contributed by atoms with Crippen molar-refractivity contribution in [2.75, 3.05) is 13.7 Å². The molecule has 5 nitrogen and oxygen atoms in total. The summed E-state index contributed by atoms with van der Waals surface area (Å²) in [6.45, 7) is 12.2. The zero-order valence-electron chi connectivity index (χ0n) is 22.0. The normalized spacial score (nSPS) is 20.9. The predicted octanol–water partition coefficient (Wildman–Crippen LogP) is 6.13. The Balaban J connectivity index is 1.64. The summed E-state index contributed by atoms with van der Waals surface area (Å²) in [5.74, 6) is 0.818. The topological polar surface area (TPSA) is 54.0 Å². The third-order valence-corrected chi connectivity index (χ3v) is 12.3. The summed E-state index contributed by atoms with van der Waals surface area (Å²) in [7, 11) is -0.460. The van der Waals surface area contributed by atoms with Crippen LogP contribution < -0.4 is 4.74 Å². The molecule has 2 aromatic rings. The van der Waals surface area contributed by atoms with Gasteiger partial charge in [0.05, 0.1) is 39.1 Å². The molecule has 0 unspecified atom stereocenters. The average Bonchev–Trinajstić information content (AvgIpc) is 3.23. The van der Waals surface area contributed by atoms with Gasteiger partial charge in [0.25, 0.3) is 0 Å². The summed E-state index contributed by atoms with van der Waals surface area (Å²) in [5.41, 5.74) is 2.20. The number of carbonyl (C=O) groups excluding carboxylic acids is 1. The monoisotopic (exact) mass is 496 g/mol. The number of methoxy groups -OCH3 is 1. The van der Waals surface area contributed by atoms with Gasteiger partial charge < -0.3 is 23.7 Å². The van der Waals surface area contributed by atoms with E-state index < -0.39 is 8.07 Å². The van der Waals surface area contributed by atoms with E-state index in [-0.39, 0.29) is 28.8 Å². The van der Waals surface area contributed by atoms with E-state index in [0.717, 1.165) is 16.9 Å². The lowest BCUT2D eigenvalue weighted by atomic mass is 10.1. The summed E-state index contributed by atoms with van der Waals surface area (Å²) < 4.78 is 23.7. The lowest BCUT2D eigenvalue weighted by Gasteiger charge is -2.34. The minimum Gasteiger partial charge on any atom is -0.497 e. The Morgan fingerprint density at radius 1 is 1.03 bits per heavy atom. The van der Waals surface area contributed by atoms with Crippen molar-refractivity contribution in [3.05, 3.63) is 77.9 Å². The van der Waals surface area contributed by atoms with Crippen molar-refractivity contribution in [1.82, 2.24) is 0 Å². The minimum absolute atomic E-state index is 0.0109. The molecule has 1 aliphatic heterocycles. The van der Waals surface area contributed by atoms with Gasteiger partial charge in [-0.25, -0.2) is 0 Å². The Morgan fingerprint density at radius 3 is 2.31 bits per heavy atom. The number of benzene rings is 2. The van der Waals surface area contributed by atoms with Crippen LogP contribution in [0.2, 0.25) is 18.1 Å². The van der Waals surface area contributed by atoms with Gasteiger partial charge in [0.1, 0.15) is 25.3 Å². The molecule has 6 heteroatoms. The van der Waals surface area contributed by atoms with Crippen LogP contribution in [0, 0.1) is 0 Å². The first-order valence-corrected chi connectivity index (χ1v) is 15.3. The third-order valence-electron chi connectivity index (χ3n) is 7.18. The van der Waals surface area contributed by atoms with Crippen molar-refractivity contribution in [3.63, 3.8) is 0 Å². The maximum Gasteiger partial charge on any atom is 0.137 e. The molecule has 190 valence electrons. The van der Waals surface area contributed by atoms with Crippen LogP contribution in [0.15, 0.2) is 66.7 Å². The molecule has 0 amide bonds. The summed E-state index contributed by atoms with van der Waals surface area (Å²) in [6, 6.07) is 18.0. The van der Waals surface area contributed by atoms with E-state index in [1.54, 1.807) is 13.2 Å². The van der Waals surface area contributed by atoms with Crippen molar-refractivity contribution in [3.8, 4) is 5.75 Å². The smallest absolute Gasteiger partial charge is 0.137 e. The Hall–Kier alpha value is -2.25. The molecular formula is C29H40O5Si. The molecule has 3 atom stereocenters. The lowest BCUT2D eigenvalue weighted by Crippen LogP contribution is -2.45. The molecule has 1 fully saturated rings. The number of rotatable bonds is 11. The van der Waals surface area contributed by atoms with Gasteiger partial charge in [-0.05, 0) is 34.4 Å². The Labute approximate surface area is 211 Å². The highest BCUT2D eigenvalue weighted by molar-refractivity contribution is 7.07. The molecule has 1 aliphatic rings. The highest BCUT2D eigenvalue weighted by atomic mass is 28.3. The first-order chi connectivity index (χ1) is 16.6. The Morgan fingerprint density at radius 2 is 1.69 bits per heavy atom. The molecule has 0 aromatic heterocycles. The molecular weight excluding hydrogens is 456 g/mol. The molecule has 1 saturated heterocycles. The van der Waals surface area contributed by atoms with Gasteiger partial charge in [-0.3, -0.25) is 0 Å². The molecule has 0 saturated carbocycles. The van der Waals surface area contributed by atoms with Crippen LogP contribution in [0.25, 0.3) is 0 Å². The van der Waals surface area contributed by atoms with Crippen molar-refractivity contribution in [2.45, 2.75) is 76.8 Å². The molecule has 35 heavy (non-hydrogen) atoms. The SMILES string of the molecule is COc1ccc(CO[C@H]2C[C@@H](COCc3ccccc3)O[C@H]2/C=C/C(=O)[Si](C)(C)C(C)(C)C)cc1. The second-order valence-electron chi connectivity index (χ2n) is 10.8. The van der Waals surface area contributed by atoms with Crippen LogP contribution >= 0.6 is 0 Å². The quantitative estimate of drug-likeness (QED) is 0.277. The first-order valence-electron chi connectivity index (χ1n) is 12.3. The van der Waals surface area contributed by atoms with E-state index in [9.17, 15) is 4.79 Å². The number of allylic oxidation sites excluding steroid dienone is 1. The summed E-state index contributed by atoms with van der Waals surface area (Å²) >= 11 is 0. The van der Waals surface area contributed by atoms with Crippen LogP contribution in [0.4, 0.5) is 0 Å². The molecule has 0 radical (unpaired) electrons. The second-order valence-corrected chi connectivity index (χ2v) is 16.0. The maximum atomic E-state index is 13.1. The van der Waals surface area contributed by atoms with Crippen molar-refractivity contribution < 1.29 is 23.7 Å². The number of hydrogen-bond acceptors (Lipinski definition) is 5. The van der Waals surface area contributed by atoms with E-state index in [1.807, 2.05) is 60.7 Å². The molecule has 0 N–H and O–H groups in total. The van der Waals surface area contributed by atoms with Crippen LogP contribution in [0.1, 0.15) is 38.3 Å². The van der Waals surface area contributed by atoms with Gasteiger partial charge in [0, 0.05) is 6.42 Å². The van der Waals surface area contributed by atoms with E-state index >= 15 is 0 Å². The van der Waals surface area contributed by atoms with E-state index in [1.165, 1.54) is 0 Å². The summed E-state index contributed by atoms with van der Waals surface area (Å²) in [6.07, 6.45) is 3.84. The van der Waals surface area contributed by atoms with Crippen molar-refractivity contribution >= 4 is 13.5 Å². The van der Waals surface area contributed by atoms with Crippen LogP contribution in [0.3, 0.4) is 0 Å². The average molecular weight is 497 g/mol. The van der Waals surface area contributed by atoms with Gasteiger partial charge in [0.2, 0.25) is 0 Å². The predicted molar refractivity (Wildman–Crippen MR) is 142 cm³/mol. The second kappa shape index (κ2) is 12.1. The van der Waals surface area contributed by atoms with Crippen molar-refractivity contribution in [2.24, 2.45) is 0 Å². The lowest BCUT2D eigenvalue weighted by molar-refractivity contribution is -0.109. The summed E-state index contributed by atoms with van der Waals surface area (Å²) in [5, 5.41) is 0.217. The Kier molecular flexibility index (Phi) is 9.47. The van der Waals surface area contributed by atoms with Crippen LogP contribution in [0.5, 0.6) is 5.75 Å². The van der Waals surface area contributed by atoms with Gasteiger partial charge in [-0.2, -0.15) is 0 Å². The van der Waals surface area contributed by atoms with Crippen molar-refractivity contribution in [1.29, 1.82) is 0 Å². The Bertz CT molecular complexity index is 963. The fourth-order valence-electron chi connectivity index (χ4n) is 3.77. The summed E-state index contributed by atoms with van der Waals surface area (Å²) in [4.78, 5) is 13.1. The molecule has 2 aromatic carbocycles. The van der Waals surface area contributed by atoms with E-state index in [4.69, 9.17) is 18.9 Å². The molecule has 0 bridgehead atoms. The zero-order valence-corrected chi connectivity index (χ0v) is 23.0. The molecule has 3 rings (SSSR count). The highest BCUT2D eigenvalue weighted by Crippen LogP contribution is 2.37. The van der Waals surface area contributed by atoms with Crippen LogP contribution in [-0.2, 0) is 32.2 Å². The van der Waals surface area contributed by atoms with Gasteiger partial charge >= 0.3 is 0 Å². The molecule has 0 aliphatic carbocycles. The van der Waals surface area contributed by atoms with Gasteiger partial charge in [-0.1, -0.05) is 82.4 Å². The molecule has 1 heterocycles. The van der Waals surface area contributed by atoms with E-state index in [0.29, 0.717) is 26.2 Å². The van der Waals surface area contributed by atoms with Gasteiger partial charge in [0.15, 0.2) is 0 Å². The minimum atomic E-state index is -2.12. The number of ether oxygens (including phenoxy) is 4. The largest absolute Gasteiger partial charge is 0.497 e. The fourth-order valence-corrected chi connectivity index (χ4v) is 5.02. The number of hydrogen-bond donors (Lipinski definition) is 0. The molecule has 0 spiro atoms.